The van der Waals surface area contributed by atoms with Crippen molar-refractivity contribution >= 4 is 27.3 Å². The van der Waals surface area contributed by atoms with E-state index < -0.39 is 0 Å². The van der Waals surface area contributed by atoms with Crippen LogP contribution in [0.25, 0.3) is 20.9 Å². The van der Waals surface area contributed by atoms with E-state index in [1.807, 2.05) is 36.4 Å². The first kappa shape index (κ1) is 15.1. The summed E-state index contributed by atoms with van der Waals surface area (Å²) in [6.07, 6.45) is 0. The Morgan fingerprint density at radius 2 is 1.41 bits per heavy atom. The maximum Gasteiger partial charge on any atom is 0.119 e. The fourth-order valence-electron chi connectivity index (χ4n) is 2.25. The maximum atomic E-state index is 5.31. The highest BCUT2D eigenvalue weighted by Gasteiger charge is 2.11. The molecule has 22 heavy (non-hydrogen) atoms. The van der Waals surface area contributed by atoms with Crippen LogP contribution in [0.2, 0.25) is 0 Å². The normalized spacial score (nSPS) is 10.5. The molecule has 1 heterocycles. The lowest BCUT2D eigenvalue weighted by Crippen LogP contribution is -1.82. The monoisotopic (exact) mass is 374 g/mol. The van der Waals surface area contributed by atoms with Gasteiger partial charge in [-0.3, -0.25) is 0 Å². The Morgan fingerprint density at radius 3 is 2.05 bits per heavy atom. The predicted octanol–water partition coefficient (Wildman–Crippen LogP) is 5.86. The SMILES string of the molecule is COc1cccc(-c2cc(Br)c(-c3cccc(OC)c3)s2)c1. The van der Waals surface area contributed by atoms with E-state index in [4.69, 9.17) is 9.47 Å². The third-order valence-corrected chi connectivity index (χ3v) is 5.49. The molecule has 4 heteroatoms. The van der Waals surface area contributed by atoms with Gasteiger partial charge in [-0.2, -0.15) is 0 Å². The van der Waals surface area contributed by atoms with E-state index in [2.05, 4.69) is 34.1 Å². The van der Waals surface area contributed by atoms with Crippen LogP contribution in [0.4, 0.5) is 0 Å². The summed E-state index contributed by atoms with van der Waals surface area (Å²) in [4.78, 5) is 2.39. The van der Waals surface area contributed by atoms with E-state index in [0.717, 1.165) is 27.1 Å². The van der Waals surface area contributed by atoms with Gasteiger partial charge in [-0.1, -0.05) is 24.3 Å². The van der Waals surface area contributed by atoms with E-state index in [1.54, 1.807) is 25.6 Å². The highest BCUT2D eigenvalue weighted by atomic mass is 79.9. The minimum Gasteiger partial charge on any atom is -0.497 e. The molecule has 0 aliphatic carbocycles. The van der Waals surface area contributed by atoms with Crippen molar-refractivity contribution in [2.75, 3.05) is 14.2 Å². The van der Waals surface area contributed by atoms with E-state index >= 15 is 0 Å². The summed E-state index contributed by atoms with van der Waals surface area (Å²) in [6.45, 7) is 0. The van der Waals surface area contributed by atoms with Gasteiger partial charge in [0.1, 0.15) is 11.5 Å². The number of hydrogen-bond donors (Lipinski definition) is 0. The van der Waals surface area contributed by atoms with E-state index in [1.165, 1.54) is 9.75 Å². The maximum absolute atomic E-state index is 5.31. The molecule has 0 unspecified atom stereocenters. The molecule has 0 bridgehead atoms. The van der Waals surface area contributed by atoms with Crippen LogP contribution in [0.5, 0.6) is 11.5 Å². The van der Waals surface area contributed by atoms with Crippen LogP contribution < -0.4 is 9.47 Å². The highest BCUT2D eigenvalue weighted by molar-refractivity contribution is 9.10. The molecular weight excluding hydrogens is 360 g/mol. The lowest BCUT2D eigenvalue weighted by atomic mass is 10.1. The predicted molar refractivity (Wildman–Crippen MR) is 96.0 cm³/mol. The molecule has 0 saturated carbocycles. The van der Waals surface area contributed by atoms with Gasteiger partial charge in [0.05, 0.1) is 14.2 Å². The Hall–Kier alpha value is -1.78. The van der Waals surface area contributed by atoms with Crippen LogP contribution >= 0.6 is 27.3 Å². The Balaban J connectivity index is 2.03. The number of ether oxygens (including phenoxy) is 2. The number of methoxy groups -OCH3 is 2. The molecule has 0 fully saturated rings. The van der Waals surface area contributed by atoms with Crippen LogP contribution in [0.3, 0.4) is 0 Å². The van der Waals surface area contributed by atoms with Crippen LogP contribution in [-0.2, 0) is 0 Å². The van der Waals surface area contributed by atoms with E-state index in [0.29, 0.717) is 0 Å². The van der Waals surface area contributed by atoms with Crippen molar-refractivity contribution in [3.05, 3.63) is 59.1 Å². The largest absolute Gasteiger partial charge is 0.497 e. The molecule has 0 N–H and O–H groups in total. The summed E-state index contributed by atoms with van der Waals surface area (Å²) in [5, 5.41) is 0. The Kier molecular flexibility index (Phi) is 4.50. The molecule has 112 valence electrons. The van der Waals surface area contributed by atoms with Crippen molar-refractivity contribution in [2.24, 2.45) is 0 Å². The van der Waals surface area contributed by atoms with Crippen molar-refractivity contribution in [2.45, 2.75) is 0 Å². The van der Waals surface area contributed by atoms with Crippen molar-refractivity contribution < 1.29 is 9.47 Å². The summed E-state index contributed by atoms with van der Waals surface area (Å²) in [5.41, 5.74) is 2.30. The summed E-state index contributed by atoms with van der Waals surface area (Å²) in [6, 6.07) is 18.3. The molecule has 0 aliphatic heterocycles. The van der Waals surface area contributed by atoms with Crippen LogP contribution in [-0.4, -0.2) is 14.2 Å². The molecule has 2 aromatic carbocycles. The van der Waals surface area contributed by atoms with Gasteiger partial charge in [-0.05, 0) is 57.4 Å². The molecule has 1 aromatic heterocycles. The minimum atomic E-state index is 0.862. The lowest BCUT2D eigenvalue weighted by Gasteiger charge is -2.03. The summed E-state index contributed by atoms with van der Waals surface area (Å²) < 4.78 is 11.7. The molecule has 0 aliphatic rings. The van der Waals surface area contributed by atoms with Crippen molar-refractivity contribution in [1.82, 2.24) is 0 Å². The Morgan fingerprint density at radius 1 is 0.818 bits per heavy atom. The molecule has 0 saturated heterocycles. The van der Waals surface area contributed by atoms with Gasteiger partial charge < -0.3 is 9.47 Å². The molecule has 0 spiro atoms. The third-order valence-electron chi connectivity index (χ3n) is 3.37. The second-order valence-corrected chi connectivity index (χ2v) is 6.66. The van der Waals surface area contributed by atoms with Gasteiger partial charge >= 0.3 is 0 Å². The Bertz CT molecular complexity index is 795. The van der Waals surface area contributed by atoms with Gasteiger partial charge in [-0.25, -0.2) is 0 Å². The fraction of sp³-hybridized carbons (Fsp3) is 0.111. The zero-order valence-electron chi connectivity index (χ0n) is 12.3. The van der Waals surface area contributed by atoms with Crippen molar-refractivity contribution in [3.63, 3.8) is 0 Å². The first-order valence-electron chi connectivity index (χ1n) is 6.79. The summed E-state index contributed by atoms with van der Waals surface area (Å²) in [5.74, 6) is 1.73. The molecule has 3 rings (SSSR count). The zero-order chi connectivity index (χ0) is 15.5. The third kappa shape index (κ3) is 3.03. The number of thiophene rings is 1. The second kappa shape index (κ2) is 6.55. The van der Waals surface area contributed by atoms with Gasteiger partial charge in [0, 0.05) is 14.2 Å². The molecular formula is C18H15BrO2S. The Labute approximate surface area is 142 Å². The second-order valence-electron chi connectivity index (χ2n) is 4.75. The average molecular weight is 375 g/mol. The first-order chi connectivity index (χ1) is 10.7. The number of benzene rings is 2. The number of rotatable bonds is 4. The van der Waals surface area contributed by atoms with Gasteiger partial charge in [0.25, 0.3) is 0 Å². The first-order valence-corrected chi connectivity index (χ1v) is 8.40. The smallest absolute Gasteiger partial charge is 0.119 e. The molecule has 0 atom stereocenters. The molecule has 3 aromatic rings. The standard InChI is InChI=1S/C18H15BrO2S/c1-20-14-7-3-5-12(9-14)17-11-16(19)18(22-17)13-6-4-8-15(10-13)21-2/h3-11H,1-2H3. The number of halogens is 1. The van der Waals surface area contributed by atoms with E-state index in [9.17, 15) is 0 Å². The fourth-order valence-corrected chi connectivity index (χ4v) is 4.14. The van der Waals surface area contributed by atoms with Crippen molar-refractivity contribution in [1.29, 1.82) is 0 Å². The topological polar surface area (TPSA) is 18.5 Å². The molecule has 0 radical (unpaired) electrons. The van der Waals surface area contributed by atoms with E-state index in [-0.39, 0.29) is 0 Å². The molecule has 2 nitrogen and oxygen atoms in total. The van der Waals surface area contributed by atoms with Crippen LogP contribution in [0, 0.1) is 0 Å². The van der Waals surface area contributed by atoms with Crippen LogP contribution in [0.15, 0.2) is 59.1 Å². The van der Waals surface area contributed by atoms with Crippen LogP contribution in [0.1, 0.15) is 0 Å². The van der Waals surface area contributed by atoms with Gasteiger partial charge in [0.15, 0.2) is 0 Å². The highest BCUT2D eigenvalue weighted by Crippen LogP contribution is 2.42. The quantitative estimate of drug-likeness (QED) is 0.569. The average Bonchev–Trinajstić information content (AvgIpc) is 2.97. The number of hydrogen-bond acceptors (Lipinski definition) is 3. The minimum absolute atomic E-state index is 0.862. The summed E-state index contributed by atoms with van der Waals surface area (Å²) >= 11 is 5.42. The van der Waals surface area contributed by atoms with Gasteiger partial charge in [-0.15, -0.1) is 11.3 Å². The zero-order valence-corrected chi connectivity index (χ0v) is 14.7. The summed E-state index contributed by atoms with van der Waals surface area (Å²) in [7, 11) is 3.37. The van der Waals surface area contributed by atoms with Crippen molar-refractivity contribution in [3.8, 4) is 32.4 Å². The van der Waals surface area contributed by atoms with Gasteiger partial charge in [0.2, 0.25) is 0 Å². The molecule has 0 amide bonds. The lowest BCUT2D eigenvalue weighted by molar-refractivity contribution is 0.415.